The van der Waals surface area contributed by atoms with Gasteiger partial charge in [-0.3, -0.25) is 0 Å². The molecule has 0 aliphatic carbocycles. The maximum Gasteiger partial charge on any atom is 0.147 e. The summed E-state index contributed by atoms with van der Waals surface area (Å²) in [6, 6.07) is 9.60. The van der Waals surface area contributed by atoms with E-state index in [2.05, 4.69) is 16.8 Å². The van der Waals surface area contributed by atoms with Crippen LogP contribution >= 0.6 is 11.6 Å². The summed E-state index contributed by atoms with van der Waals surface area (Å²) in [5.74, 6) is 5.44. The van der Waals surface area contributed by atoms with Gasteiger partial charge in [0.05, 0.1) is 5.88 Å². The van der Waals surface area contributed by atoms with Crippen molar-refractivity contribution in [3.05, 3.63) is 59.2 Å². The van der Waals surface area contributed by atoms with Gasteiger partial charge < -0.3 is 4.74 Å². The second kappa shape index (κ2) is 7.28. The van der Waals surface area contributed by atoms with Gasteiger partial charge in [-0.25, -0.2) is 9.37 Å². The third kappa shape index (κ3) is 4.21. The average Bonchev–Trinajstić information content (AvgIpc) is 2.50. The van der Waals surface area contributed by atoms with E-state index in [0.29, 0.717) is 16.9 Å². The van der Waals surface area contributed by atoms with Crippen LogP contribution in [0.15, 0.2) is 36.5 Å². The summed E-state index contributed by atoms with van der Waals surface area (Å²) < 4.78 is 19.0. The molecule has 0 radical (unpaired) electrons. The van der Waals surface area contributed by atoms with Crippen LogP contribution < -0.4 is 4.74 Å². The highest BCUT2D eigenvalue weighted by Gasteiger charge is 2.05. The topological polar surface area (TPSA) is 45.9 Å². The van der Waals surface area contributed by atoms with E-state index < -0.39 is 5.82 Å². The Bertz CT molecular complexity index is 744. The van der Waals surface area contributed by atoms with Gasteiger partial charge in [0.15, 0.2) is 0 Å². The Kier molecular flexibility index (Phi) is 5.15. The predicted octanol–water partition coefficient (Wildman–Crippen LogP) is 3.26. The van der Waals surface area contributed by atoms with E-state index in [9.17, 15) is 4.39 Å². The Balaban J connectivity index is 2.17. The standard InChI is InChI=1S/C16H10ClFN2O/c17-5-1-3-12-7-14(18)9-15(8-12)21-11-13-4-2-6-20-16(13)10-19/h2,4,6-9H,5,11H2. The van der Waals surface area contributed by atoms with Crippen LogP contribution in [0.2, 0.25) is 0 Å². The zero-order valence-electron chi connectivity index (χ0n) is 10.9. The first-order valence-electron chi connectivity index (χ1n) is 6.05. The summed E-state index contributed by atoms with van der Waals surface area (Å²) in [5.41, 5.74) is 1.41. The Labute approximate surface area is 127 Å². The van der Waals surface area contributed by atoms with Crippen molar-refractivity contribution in [1.82, 2.24) is 4.98 Å². The lowest BCUT2D eigenvalue weighted by Gasteiger charge is -2.07. The van der Waals surface area contributed by atoms with Crippen LogP contribution in [0.1, 0.15) is 16.8 Å². The highest BCUT2D eigenvalue weighted by molar-refractivity contribution is 6.19. The predicted molar refractivity (Wildman–Crippen MR) is 77.3 cm³/mol. The molecular formula is C16H10ClFN2O. The number of benzene rings is 1. The Morgan fingerprint density at radius 3 is 2.95 bits per heavy atom. The number of hydrogen-bond donors (Lipinski definition) is 0. The maximum atomic E-state index is 13.5. The highest BCUT2D eigenvalue weighted by Crippen LogP contribution is 2.18. The molecule has 0 aliphatic rings. The number of aromatic nitrogens is 1. The molecule has 3 nitrogen and oxygen atoms in total. The molecule has 104 valence electrons. The van der Waals surface area contributed by atoms with Crippen LogP contribution in [0.25, 0.3) is 0 Å². The number of pyridine rings is 1. The first kappa shape index (κ1) is 14.8. The minimum atomic E-state index is -0.446. The summed E-state index contributed by atoms with van der Waals surface area (Å²) in [5, 5.41) is 8.94. The van der Waals surface area contributed by atoms with Gasteiger partial charge in [0.1, 0.15) is 29.9 Å². The van der Waals surface area contributed by atoms with Gasteiger partial charge in [0, 0.05) is 23.4 Å². The fraction of sp³-hybridized carbons (Fsp3) is 0.125. The van der Waals surface area contributed by atoms with Gasteiger partial charge in [0.25, 0.3) is 0 Å². The first-order chi connectivity index (χ1) is 10.2. The normalized spacial score (nSPS) is 9.38. The molecule has 0 N–H and O–H groups in total. The zero-order chi connectivity index (χ0) is 15.1. The van der Waals surface area contributed by atoms with Crippen molar-refractivity contribution in [3.63, 3.8) is 0 Å². The van der Waals surface area contributed by atoms with Gasteiger partial charge >= 0.3 is 0 Å². The molecule has 5 heteroatoms. The highest BCUT2D eigenvalue weighted by atomic mass is 35.5. The van der Waals surface area contributed by atoms with Crippen LogP contribution in [0.5, 0.6) is 5.75 Å². The van der Waals surface area contributed by atoms with E-state index >= 15 is 0 Å². The number of hydrogen-bond acceptors (Lipinski definition) is 3. The van der Waals surface area contributed by atoms with Crippen LogP contribution in [0.4, 0.5) is 4.39 Å². The molecule has 0 atom stereocenters. The second-order valence-electron chi connectivity index (χ2n) is 4.02. The average molecular weight is 301 g/mol. The molecule has 0 saturated heterocycles. The fourth-order valence-corrected chi connectivity index (χ4v) is 1.74. The third-order valence-electron chi connectivity index (χ3n) is 2.56. The quantitative estimate of drug-likeness (QED) is 0.645. The zero-order valence-corrected chi connectivity index (χ0v) is 11.7. The van der Waals surface area contributed by atoms with Crippen molar-refractivity contribution in [2.24, 2.45) is 0 Å². The Morgan fingerprint density at radius 1 is 1.33 bits per heavy atom. The summed E-state index contributed by atoms with van der Waals surface area (Å²) >= 11 is 5.47. The molecular weight excluding hydrogens is 291 g/mol. The molecule has 2 rings (SSSR count). The molecule has 0 spiro atoms. The second-order valence-corrected chi connectivity index (χ2v) is 4.29. The van der Waals surface area contributed by atoms with E-state index in [0.717, 1.165) is 0 Å². The molecule has 1 aromatic heterocycles. The smallest absolute Gasteiger partial charge is 0.147 e. The molecule has 2 aromatic rings. The monoisotopic (exact) mass is 300 g/mol. The molecule has 21 heavy (non-hydrogen) atoms. The van der Waals surface area contributed by atoms with Gasteiger partial charge in [-0.1, -0.05) is 17.9 Å². The third-order valence-corrected chi connectivity index (χ3v) is 2.70. The van der Waals surface area contributed by atoms with Gasteiger partial charge in [-0.2, -0.15) is 5.26 Å². The summed E-state index contributed by atoms with van der Waals surface area (Å²) in [6.07, 6.45) is 1.53. The minimum absolute atomic E-state index is 0.128. The van der Waals surface area contributed by atoms with Crippen molar-refractivity contribution in [2.45, 2.75) is 6.61 Å². The van der Waals surface area contributed by atoms with E-state index in [-0.39, 0.29) is 18.2 Å². The van der Waals surface area contributed by atoms with Crippen LogP contribution in [-0.4, -0.2) is 10.9 Å². The molecule has 1 aromatic carbocycles. The first-order valence-corrected chi connectivity index (χ1v) is 6.58. The molecule has 0 unspecified atom stereocenters. The lowest BCUT2D eigenvalue weighted by atomic mass is 10.2. The van der Waals surface area contributed by atoms with E-state index in [4.69, 9.17) is 21.6 Å². The molecule has 0 bridgehead atoms. The number of nitrogens with zero attached hydrogens (tertiary/aromatic N) is 2. The lowest BCUT2D eigenvalue weighted by molar-refractivity contribution is 0.303. The van der Waals surface area contributed by atoms with Gasteiger partial charge in [-0.15, -0.1) is 11.6 Å². The molecule has 0 saturated carbocycles. The number of halogens is 2. The van der Waals surface area contributed by atoms with E-state index in [1.165, 1.54) is 18.3 Å². The SMILES string of the molecule is N#Cc1ncccc1COc1cc(F)cc(C#CCCl)c1. The molecule has 0 fully saturated rings. The maximum absolute atomic E-state index is 13.5. The van der Waals surface area contributed by atoms with Crippen molar-refractivity contribution >= 4 is 11.6 Å². The van der Waals surface area contributed by atoms with Crippen molar-refractivity contribution < 1.29 is 9.13 Å². The van der Waals surface area contributed by atoms with Crippen LogP contribution in [0, 0.1) is 29.0 Å². The van der Waals surface area contributed by atoms with E-state index in [1.807, 2.05) is 6.07 Å². The molecule has 0 amide bonds. The summed E-state index contributed by atoms with van der Waals surface area (Å²) in [4.78, 5) is 3.93. The van der Waals surface area contributed by atoms with Gasteiger partial charge in [0.2, 0.25) is 0 Å². The minimum Gasteiger partial charge on any atom is -0.489 e. The number of rotatable bonds is 3. The van der Waals surface area contributed by atoms with Crippen LogP contribution in [0.3, 0.4) is 0 Å². The van der Waals surface area contributed by atoms with E-state index in [1.54, 1.807) is 18.2 Å². The lowest BCUT2D eigenvalue weighted by Crippen LogP contribution is -2.00. The fourth-order valence-electron chi connectivity index (χ4n) is 1.67. The van der Waals surface area contributed by atoms with Crippen LogP contribution in [-0.2, 0) is 6.61 Å². The van der Waals surface area contributed by atoms with Gasteiger partial charge in [-0.05, 0) is 18.2 Å². The number of alkyl halides is 1. The van der Waals surface area contributed by atoms with Crippen molar-refractivity contribution in [3.8, 4) is 23.7 Å². The summed E-state index contributed by atoms with van der Waals surface area (Å²) in [7, 11) is 0. The largest absolute Gasteiger partial charge is 0.489 e. The number of nitriles is 1. The number of ether oxygens (including phenoxy) is 1. The van der Waals surface area contributed by atoms with Crippen molar-refractivity contribution in [1.29, 1.82) is 5.26 Å². The Hall–Kier alpha value is -2.56. The Morgan fingerprint density at radius 2 is 2.19 bits per heavy atom. The molecule has 1 heterocycles. The molecule has 0 aliphatic heterocycles. The summed E-state index contributed by atoms with van der Waals surface area (Å²) in [6.45, 7) is 0.128. The van der Waals surface area contributed by atoms with Crippen molar-refractivity contribution in [2.75, 3.05) is 5.88 Å².